The predicted molar refractivity (Wildman–Crippen MR) is 89.4 cm³/mol. The lowest BCUT2D eigenvalue weighted by molar-refractivity contribution is 0.413. The highest BCUT2D eigenvalue weighted by Gasteiger charge is 2.24. The molecule has 1 aromatic carbocycles. The molecule has 1 aliphatic heterocycles. The topological polar surface area (TPSA) is 80.3 Å². The van der Waals surface area contributed by atoms with Gasteiger partial charge in [-0.2, -0.15) is 5.26 Å². The Morgan fingerprint density at radius 3 is 2.58 bits per heavy atom. The lowest BCUT2D eigenvalue weighted by Crippen LogP contribution is -2.43. The Hall–Kier alpha value is -3.01. The van der Waals surface area contributed by atoms with Crippen LogP contribution >= 0.6 is 0 Å². The number of nitrogens with zero attached hydrogens (tertiary/aromatic N) is 4. The van der Waals surface area contributed by atoms with Gasteiger partial charge in [0.15, 0.2) is 5.56 Å². The number of nitriles is 1. The van der Waals surface area contributed by atoms with Crippen LogP contribution in [0.25, 0.3) is 0 Å². The van der Waals surface area contributed by atoms with E-state index in [0.717, 1.165) is 22.3 Å². The highest BCUT2D eigenvalue weighted by Crippen LogP contribution is 2.27. The number of aromatic nitrogens is 2. The molecular formula is C17H18N4O3. The normalized spacial score (nSPS) is 13.3. The minimum Gasteiger partial charge on any atom is -0.497 e. The molecular weight excluding hydrogens is 308 g/mol. The van der Waals surface area contributed by atoms with E-state index < -0.39 is 11.2 Å². The Morgan fingerprint density at radius 2 is 1.92 bits per heavy atom. The summed E-state index contributed by atoms with van der Waals surface area (Å²) >= 11 is 0. The first kappa shape index (κ1) is 15.9. The van der Waals surface area contributed by atoms with Crippen LogP contribution in [0.3, 0.4) is 0 Å². The third-order valence-corrected chi connectivity index (χ3v) is 4.47. The molecule has 1 aliphatic rings. The van der Waals surface area contributed by atoms with Crippen molar-refractivity contribution >= 4 is 5.82 Å². The number of hydrogen-bond donors (Lipinski definition) is 0. The van der Waals surface area contributed by atoms with Gasteiger partial charge in [0.25, 0.3) is 5.56 Å². The van der Waals surface area contributed by atoms with E-state index in [-0.39, 0.29) is 5.56 Å². The lowest BCUT2D eigenvalue weighted by Gasteiger charge is -2.32. The van der Waals surface area contributed by atoms with Gasteiger partial charge in [-0.25, -0.2) is 4.79 Å². The van der Waals surface area contributed by atoms with Crippen LogP contribution in [0.4, 0.5) is 5.82 Å². The summed E-state index contributed by atoms with van der Waals surface area (Å²) < 4.78 is 7.59. The summed E-state index contributed by atoms with van der Waals surface area (Å²) in [6, 6.07) is 7.86. The van der Waals surface area contributed by atoms with Crippen molar-refractivity contribution in [1.29, 1.82) is 5.26 Å². The van der Waals surface area contributed by atoms with Crippen molar-refractivity contribution in [3.05, 3.63) is 55.7 Å². The van der Waals surface area contributed by atoms with Gasteiger partial charge in [-0.3, -0.25) is 13.9 Å². The quantitative estimate of drug-likeness (QED) is 0.804. The van der Waals surface area contributed by atoms with E-state index in [2.05, 4.69) is 0 Å². The molecule has 0 amide bonds. The Bertz CT molecular complexity index is 966. The molecule has 7 heteroatoms. The van der Waals surface area contributed by atoms with Crippen LogP contribution in [-0.2, 0) is 27.1 Å². The summed E-state index contributed by atoms with van der Waals surface area (Å²) in [5.74, 6) is 1.13. The van der Waals surface area contributed by atoms with E-state index in [0.29, 0.717) is 18.9 Å². The fraction of sp³-hybridized carbons (Fsp3) is 0.353. The maximum Gasteiger partial charge on any atom is 0.332 e. The molecule has 0 saturated carbocycles. The van der Waals surface area contributed by atoms with Crippen molar-refractivity contribution < 1.29 is 4.74 Å². The van der Waals surface area contributed by atoms with Crippen molar-refractivity contribution in [1.82, 2.24) is 9.13 Å². The van der Waals surface area contributed by atoms with Crippen molar-refractivity contribution in [2.75, 3.05) is 18.6 Å². The summed E-state index contributed by atoms with van der Waals surface area (Å²) in [5, 5.41) is 9.42. The molecule has 2 heterocycles. The number of benzene rings is 1. The number of ether oxygens (including phenoxy) is 1. The van der Waals surface area contributed by atoms with Gasteiger partial charge in [0.05, 0.1) is 7.11 Å². The minimum atomic E-state index is -0.563. The number of fused-ring (bicyclic) bond motifs is 1. The molecule has 0 radical (unpaired) electrons. The number of hydrogen-bond acceptors (Lipinski definition) is 5. The van der Waals surface area contributed by atoms with Gasteiger partial charge >= 0.3 is 5.69 Å². The van der Waals surface area contributed by atoms with Crippen LogP contribution in [0.5, 0.6) is 5.75 Å². The monoisotopic (exact) mass is 326 g/mol. The second kappa shape index (κ2) is 5.89. The number of rotatable bonds is 2. The molecule has 3 rings (SSSR count). The van der Waals surface area contributed by atoms with Crippen LogP contribution in [-0.4, -0.2) is 22.8 Å². The van der Waals surface area contributed by atoms with Crippen LogP contribution in [0.15, 0.2) is 27.8 Å². The smallest absolute Gasteiger partial charge is 0.332 e. The molecule has 24 heavy (non-hydrogen) atoms. The van der Waals surface area contributed by atoms with Crippen LogP contribution in [0.2, 0.25) is 0 Å². The third kappa shape index (κ3) is 2.36. The summed E-state index contributed by atoms with van der Waals surface area (Å²) in [6.45, 7) is 1.15. The zero-order valence-corrected chi connectivity index (χ0v) is 13.9. The fourth-order valence-corrected chi connectivity index (χ4v) is 3.14. The zero-order valence-electron chi connectivity index (χ0n) is 13.9. The fourth-order valence-electron chi connectivity index (χ4n) is 3.14. The largest absolute Gasteiger partial charge is 0.497 e. The van der Waals surface area contributed by atoms with E-state index in [4.69, 9.17) is 4.74 Å². The molecule has 124 valence electrons. The number of methoxy groups -OCH3 is 1. The van der Waals surface area contributed by atoms with Gasteiger partial charge in [0.1, 0.15) is 17.6 Å². The van der Waals surface area contributed by atoms with E-state index in [9.17, 15) is 14.9 Å². The molecule has 0 atom stereocenters. The average Bonchev–Trinajstić information content (AvgIpc) is 2.61. The molecule has 0 spiro atoms. The standard InChI is InChI=1S/C17H18N4O3/c1-19-15(14(9-18)16(22)20(2)17(19)23)21-7-6-11-4-5-13(24-3)8-12(11)10-21/h4-5,8H,6-7,10H2,1-3H3. The third-order valence-electron chi connectivity index (χ3n) is 4.47. The molecule has 0 aliphatic carbocycles. The summed E-state index contributed by atoms with van der Waals surface area (Å²) in [4.78, 5) is 26.4. The summed E-state index contributed by atoms with van der Waals surface area (Å²) in [7, 11) is 4.57. The molecule has 0 N–H and O–H groups in total. The number of anilines is 1. The molecule has 1 aromatic heterocycles. The van der Waals surface area contributed by atoms with Crippen LogP contribution < -0.4 is 20.9 Å². The Labute approximate surface area is 138 Å². The maximum atomic E-state index is 12.3. The van der Waals surface area contributed by atoms with Gasteiger partial charge in [0.2, 0.25) is 0 Å². The van der Waals surface area contributed by atoms with E-state index in [1.165, 1.54) is 17.2 Å². The van der Waals surface area contributed by atoms with Gasteiger partial charge < -0.3 is 9.64 Å². The van der Waals surface area contributed by atoms with Crippen molar-refractivity contribution in [3.8, 4) is 11.8 Å². The van der Waals surface area contributed by atoms with Gasteiger partial charge in [-0.1, -0.05) is 6.07 Å². The van der Waals surface area contributed by atoms with Gasteiger partial charge in [-0.15, -0.1) is 0 Å². The molecule has 0 bridgehead atoms. The minimum absolute atomic E-state index is 0.00838. The van der Waals surface area contributed by atoms with Gasteiger partial charge in [-0.05, 0) is 29.7 Å². The van der Waals surface area contributed by atoms with Crippen LogP contribution in [0, 0.1) is 11.3 Å². The SMILES string of the molecule is COc1ccc2c(c1)CN(c1c(C#N)c(=O)n(C)c(=O)n1C)CC2. The molecule has 7 nitrogen and oxygen atoms in total. The Morgan fingerprint density at radius 1 is 1.17 bits per heavy atom. The zero-order chi connectivity index (χ0) is 17.4. The highest BCUT2D eigenvalue weighted by atomic mass is 16.5. The predicted octanol–water partition coefficient (Wildman–Crippen LogP) is 0.527. The van der Waals surface area contributed by atoms with Gasteiger partial charge in [0, 0.05) is 27.2 Å². The molecule has 0 saturated heterocycles. The van der Waals surface area contributed by atoms with E-state index >= 15 is 0 Å². The van der Waals surface area contributed by atoms with Crippen LogP contribution in [0.1, 0.15) is 16.7 Å². The Balaban J connectivity index is 2.13. The highest BCUT2D eigenvalue weighted by molar-refractivity contribution is 5.55. The first-order valence-electron chi connectivity index (χ1n) is 7.58. The van der Waals surface area contributed by atoms with Crippen molar-refractivity contribution in [3.63, 3.8) is 0 Å². The molecule has 0 unspecified atom stereocenters. The lowest BCUT2D eigenvalue weighted by atomic mass is 9.99. The average molecular weight is 326 g/mol. The Kier molecular flexibility index (Phi) is 3.89. The maximum absolute atomic E-state index is 12.3. The second-order valence-electron chi connectivity index (χ2n) is 5.82. The van der Waals surface area contributed by atoms with Crippen molar-refractivity contribution in [2.45, 2.75) is 13.0 Å². The second-order valence-corrected chi connectivity index (χ2v) is 5.82. The molecule has 2 aromatic rings. The summed E-state index contributed by atoms with van der Waals surface area (Å²) in [5.41, 5.74) is 1.26. The molecule has 0 fully saturated rings. The summed E-state index contributed by atoms with van der Waals surface area (Å²) in [6.07, 6.45) is 0.771. The van der Waals surface area contributed by atoms with E-state index in [1.54, 1.807) is 14.2 Å². The van der Waals surface area contributed by atoms with Crippen molar-refractivity contribution in [2.24, 2.45) is 14.1 Å². The first-order chi connectivity index (χ1) is 11.5. The first-order valence-corrected chi connectivity index (χ1v) is 7.58. The van der Waals surface area contributed by atoms with E-state index in [1.807, 2.05) is 29.2 Å².